The van der Waals surface area contributed by atoms with E-state index in [9.17, 15) is 0 Å². The summed E-state index contributed by atoms with van der Waals surface area (Å²) in [6.07, 6.45) is 1.67. The highest BCUT2D eigenvalue weighted by Crippen LogP contribution is 2.27. The molecule has 0 fully saturated rings. The van der Waals surface area contributed by atoms with Gasteiger partial charge in [-0.1, -0.05) is 60.7 Å². The summed E-state index contributed by atoms with van der Waals surface area (Å²) in [5, 5.41) is 13.9. The van der Waals surface area contributed by atoms with Crippen LogP contribution in [0.1, 0.15) is 11.1 Å². The third kappa shape index (κ3) is 3.69. The largest absolute Gasteiger partial charge is 0.496 e. The SMILES string of the molecule is COc1ccccc1/C=N/Nc1nnc2c3ccccc3n(Cc3ccccc3)c2n1. The Morgan fingerprint density at radius 2 is 1.71 bits per heavy atom. The van der Waals surface area contributed by atoms with Crippen molar-refractivity contribution in [3.63, 3.8) is 0 Å². The minimum absolute atomic E-state index is 0.329. The third-order valence-corrected chi connectivity index (χ3v) is 5.06. The number of para-hydroxylation sites is 2. The molecule has 0 atom stereocenters. The van der Waals surface area contributed by atoms with Gasteiger partial charge in [0.2, 0.25) is 0 Å². The van der Waals surface area contributed by atoms with Crippen LogP contribution in [0.4, 0.5) is 5.95 Å². The highest BCUT2D eigenvalue weighted by atomic mass is 16.5. The summed E-state index contributed by atoms with van der Waals surface area (Å²) in [7, 11) is 1.63. The second kappa shape index (κ2) is 8.23. The van der Waals surface area contributed by atoms with E-state index in [0.717, 1.165) is 33.4 Å². The molecule has 0 amide bonds. The monoisotopic (exact) mass is 408 g/mol. The van der Waals surface area contributed by atoms with Gasteiger partial charge in [0.25, 0.3) is 5.95 Å². The normalized spacial score (nSPS) is 11.4. The summed E-state index contributed by atoms with van der Waals surface area (Å²) in [4.78, 5) is 4.72. The van der Waals surface area contributed by atoms with Crippen LogP contribution in [0, 0.1) is 0 Å². The van der Waals surface area contributed by atoms with Crippen molar-refractivity contribution >= 4 is 34.2 Å². The molecular formula is C24H20N6O. The number of aromatic nitrogens is 4. The first-order valence-electron chi connectivity index (χ1n) is 9.91. The molecule has 3 aromatic carbocycles. The first-order chi connectivity index (χ1) is 15.3. The van der Waals surface area contributed by atoms with E-state index < -0.39 is 0 Å². The van der Waals surface area contributed by atoms with Gasteiger partial charge in [-0.2, -0.15) is 10.1 Å². The summed E-state index contributed by atoms with van der Waals surface area (Å²) in [6, 6.07) is 26.1. The Hall–Kier alpha value is -4.26. The van der Waals surface area contributed by atoms with Crippen molar-refractivity contribution in [2.24, 2.45) is 5.10 Å². The van der Waals surface area contributed by atoms with E-state index in [1.54, 1.807) is 13.3 Å². The molecule has 0 bridgehead atoms. The maximum absolute atomic E-state index is 5.35. The van der Waals surface area contributed by atoms with E-state index in [-0.39, 0.29) is 0 Å². The van der Waals surface area contributed by atoms with Crippen molar-refractivity contribution in [1.29, 1.82) is 0 Å². The molecule has 0 saturated carbocycles. The summed E-state index contributed by atoms with van der Waals surface area (Å²) in [6.45, 7) is 0.688. The fourth-order valence-corrected chi connectivity index (χ4v) is 3.61. The molecular weight excluding hydrogens is 388 g/mol. The number of nitrogens with one attached hydrogen (secondary N) is 1. The van der Waals surface area contributed by atoms with Gasteiger partial charge in [0.1, 0.15) is 11.3 Å². The summed E-state index contributed by atoms with van der Waals surface area (Å²) < 4.78 is 7.50. The summed E-state index contributed by atoms with van der Waals surface area (Å²) >= 11 is 0. The van der Waals surface area contributed by atoms with Gasteiger partial charge in [-0.15, -0.1) is 10.2 Å². The first kappa shape index (κ1) is 18.7. The molecule has 5 rings (SSSR count). The third-order valence-electron chi connectivity index (χ3n) is 5.06. The van der Waals surface area contributed by atoms with Gasteiger partial charge in [-0.05, 0) is 23.8 Å². The highest BCUT2D eigenvalue weighted by molar-refractivity contribution is 6.04. The molecule has 5 aromatic rings. The van der Waals surface area contributed by atoms with E-state index >= 15 is 0 Å². The van der Waals surface area contributed by atoms with Gasteiger partial charge in [0.05, 0.1) is 18.8 Å². The zero-order valence-corrected chi connectivity index (χ0v) is 16.9. The Labute approximate surface area is 179 Å². The molecule has 0 spiro atoms. The van der Waals surface area contributed by atoms with Crippen LogP contribution in [-0.4, -0.2) is 33.1 Å². The lowest BCUT2D eigenvalue weighted by Crippen LogP contribution is -2.04. The van der Waals surface area contributed by atoms with Crippen LogP contribution in [0.2, 0.25) is 0 Å². The number of fused-ring (bicyclic) bond motifs is 3. The molecule has 0 unspecified atom stereocenters. The van der Waals surface area contributed by atoms with E-state index in [0.29, 0.717) is 12.5 Å². The van der Waals surface area contributed by atoms with Crippen molar-refractivity contribution in [2.45, 2.75) is 6.54 Å². The van der Waals surface area contributed by atoms with Gasteiger partial charge in [0.15, 0.2) is 5.65 Å². The lowest BCUT2D eigenvalue weighted by molar-refractivity contribution is 0.414. The van der Waals surface area contributed by atoms with Gasteiger partial charge in [0, 0.05) is 17.5 Å². The molecule has 2 aromatic heterocycles. The molecule has 7 heteroatoms. The van der Waals surface area contributed by atoms with E-state index in [1.807, 2.05) is 60.7 Å². The lowest BCUT2D eigenvalue weighted by atomic mass is 10.2. The Kier molecular flexibility index (Phi) is 4.98. The van der Waals surface area contributed by atoms with Crippen molar-refractivity contribution in [1.82, 2.24) is 19.7 Å². The van der Waals surface area contributed by atoms with Crippen LogP contribution in [0.3, 0.4) is 0 Å². The predicted molar refractivity (Wildman–Crippen MR) is 123 cm³/mol. The number of benzene rings is 3. The van der Waals surface area contributed by atoms with Gasteiger partial charge < -0.3 is 9.30 Å². The average Bonchev–Trinajstić information content (AvgIpc) is 3.13. The number of rotatable bonds is 6. The Morgan fingerprint density at radius 1 is 0.935 bits per heavy atom. The van der Waals surface area contributed by atoms with Crippen molar-refractivity contribution in [2.75, 3.05) is 12.5 Å². The number of methoxy groups -OCH3 is 1. The van der Waals surface area contributed by atoms with Crippen LogP contribution in [0.15, 0.2) is 84.0 Å². The second-order valence-corrected chi connectivity index (χ2v) is 7.01. The Balaban J connectivity index is 1.52. The fraction of sp³-hybridized carbons (Fsp3) is 0.0833. The smallest absolute Gasteiger partial charge is 0.265 e. The predicted octanol–water partition coefficient (Wildman–Crippen LogP) is 4.48. The molecule has 0 radical (unpaired) electrons. The molecule has 0 aliphatic carbocycles. The fourth-order valence-electron chi connectivity index (χ4n) is 3.61. The van der Waals surface area contributed by atoms with Crippen molar-refractivity contribution in [3.05, 3.63) is 90.0 Å². The summed E-state index contributed by atoms with van der Waals surface area (Å²) in [5.74, 6) is 1.07. The molecule has 1 N–H and O–H groups in total. The number of hydrogen-bond donors (Lipinski definition) is 1. The number of anilines is 1. The Bertz CT molecular complexity index is 1380. The number of hydrogen-bond acceptors (Lipinski definition) is 6. The molecule has 0 aliphatic rings. The maximum atomic E-state index is 5.35. The molecule has 0 saturated heterocycles. The van der Waals surface area contributed by atoms with Gasteiger partial charge in [-0.25, -0.2) is 5.43 Å². The zero-order chi connectivity index (χ0) is 21.0. The van der Waals surface area contributed by atoms with Crippen LogP contribution in [0.25, 0.3) is 22.1 Å². The van der Waals surface area contributed by atoms with Gasteiger partial charge >= 0.3 is 0 Å². The first-order valence-corrected chi connectivity index (χ1v) is 9.91. The second-order valence-electron chi connectivity index (χ2n) is 7.01. The van der Waals surface area contributed by atoms with Crippen molar-refractivity contribution in [3.8, 4) is 5.75 Å². The molecule has 2 heterocycles. The van der Waals surface area contributed by atoms with Gasteiger partial charge in [-0.3, -0.25) is 0 Å². The lowest BCUT2D eigenvalue weighted by Gasteiger charge is -2.07. The standard InChI is InChI=1S/C24H20N6O/c1-31-21-14-8-5-11-18(21)15-25-28-24-26-23-22(27-29-24)19-12-6-7-13-20(19)30(23)16-17-9-3-2-4-10-17/h2-15H,16H2,1H3,(H,26,28,29)/b25-15+. The molecule has 7 nitrogen and oxygen atoms in total. The number of hydrazone groups is 1. The van der Waals surface area contributed by atoms with Crippen LogP contribution >= 0.6 is 0 Å². The van der Waals surface area contributed by atoms with Crippen LogP contribution < -0.4 is 10.2 Å². The molecule has 31 heavy (non-hydrogen) atoms. The van der Waals surface area contributed by atoms with Crippen LogP contribution in [-0.2, 0) is 6.54 Å². The topological polar surface area (TPSA) is 77.2 Å². The quantitative estimate of drug-likeness (QED) is 0.331. The average molecular weight is 408 g/mol. The number of ether oxygens (including phenoxy) is 1. The maximum Gasteiger partial charge on any atom is 0.265 e. The zero-order valence-electron chi connectivity index (χ0n) is 16.9. The molecule has 152 valence electrons. The Morgan fingerprint density at radius 3 is 2.58 bits per heavy atom. The minimum Gasteiger partial charge on any atom is -0.496 e. The van der Waals surface area contributed by atoms with E-state index in [2.05, 4.69) is 43.5 Å². The summed E-state index contributed by atoms with van der Waals surface area (Å²) in [5.41, 5.74) is 7.52. The van der Waals surface area contributed by atoms with E-state index in [1.165, 1.54) is 5.56 Å². The highest BCUT2D eigenvalue weighted by Gasteiger charge is 2.14. The number of nitrogens with zero attached hydrogens (tertiary/aromatic N) is 5. The minimum atomic E-state index is 0.329. The molecule has 0 aliphatic heterocycles. The van der Waals surface area contributed by atoms with Crippen molar-refractivity contribution < 1.29 is 4.74 Å². The van der Waals surface area contributed by atoms with E-state index in [4.69, 9.17) is 9.72 Å². The van der Waals surface area contributed by atoms with Crippen LogP contribution in [0.5, 0.6) is 5.75 Å².